The fourth-order valence-corrected chi connectivity index (χ4v) is 2.06. The SMILES string of the molecule is CCC1CC2(CCN1)OCCO2. The highest BCUT2D eigenvalue weighted by molar-refractivity contribution is 4.86. The molecule has 70 valence electrons. The van der Waals surface area contributed by atoms with Crippen molar-refractivity contribution >= 4 is 0 Å². The maximum absolute atomic E-state index is 5.65. The normalized spacial score (nSPS) is 34.2. The minimum Gasteiger partial charge on any atom is -0.347 e. The molecule has 0 aromatic carbocycles. The fourth-order valence-electron chi connectivity index (χ4n) is 2.06. The van der Waals surface area contributed by atoms with E-state index in [1.165, 1.54) is 0 Å². The second-order valence-corrected chi connectivity index (χ2v) is 3.62. The molecule has 0 saturated carbocycles. The minimum atomic E-state index is -0.216. The molecule has 3 nitrogen and oxygen atoms in total. The van der Waals surface area contributed by atoms with Gasteiger partial charge in [-0.1, -0.05) is 6.92 Å². The van der Waals surface area contributed by atoms with E-state index in [0.717, 1.165) is 39.0 Å². The average molecular weight is 171 g/mol. The first-order chi connectivity index (χ1) is 5.85. The van der Waals surface area contributed by atoms with Crippen LogP contribution in [-0.2, 0) is 9.47 Å². The van der Waals surface area contributed by atoms with Crippen LogP contribution in [0.25, 0.3) is 0 Å². The van der Waals surface area contributed by atoms with Crippen LogP contribution in [0.1, 0.15) is 26.2 Å². The monoisotopic (exact) mass is 171 g/mol. The maximum Gasteiger partial charge on any atom is 0.171 e. The fraction of sp³-hybridized carbons (Fsp3) is 1.00. The molecule has 0 aromatic heterocycles. The predicted octanol–water partition coefficient (Wildman–Crippen LogP) is 0.891. The van der Waals surface area contributed by atoms with Gasteiger partial charge in [0.25, 0.3) is 0 Å². The Morgan fingerprint density at radius 3 is 2.83 bits per heavy atom. The molecule has 2 aliphatic rings. The molecule has 0 bridgehead atoms. The molecular weight excluding hydrogens is 154 g/mol. The highest BCUT2D eigenvalue weighted by Crippen LogP contribution is 2.31. The summed E-state index contributed by atoms with van der Waals surface area (Å²) in [6.07, 6.45) is 3.18. The highest BCUT2D eigenvalue weighted by atomic mass is 16.7. The van der Waals surface area contributed by atoms with Gasteiger partial charge in [-0.25, -0.2) is 0 Å². The summed E-state index contributed by atoms with van der Waals surface area (Å²) in [5.41, 5.74) is 0. The zero-order chi connectivity index (χ0) is 8.44. The van der Waals surface area contributed by atoms with Crippen LogP contribution in [-0.4, -0.2) is 31.6 Å². The van der Waals surface area contributed by atoms with Gasteiger partial charge < -0.3 is 14.8 Å². The smallest absolute Gasteiger partial charge is 0.171 e. The van der Waals surface area contributed by atoms with E-state index in [4.69, 9.17) is 9.47 Å². The van der Waals surface area contributed by atoms with Gasteiger partial charge in [-0.05, 0) is 6.42 Å². The third-order valence-corrected chi connectivity index (χ3v) is 2.80. The Bertz CT molecular complexity index is 155. The number of piperidine rings is 1. The molecule has 0 radical (unpaired) electrons. The van der Waals surface area contributed by atoms with Crippen LogP contribution in [0.2, 0.25) is 0 Å². The van der Waals surface area contributed by atoms with Gasteiger partial charge in [-0.15, -0.1) is 0 Å². The summed E-state index contributed by atoms with van der Waals surface area (Å²) in [7, 11) is 0. The Labute approximate surface area is 73.4 Å². The van der Waals surface area contributed by atoms with Gasteiger partial charge in [-0.3, -0.25) is 0 Å². The van der Waals surface area contributed by atoms with Gasteiger partial charge in [0.15, 0.2) is 5.79 Å². The van der Waals surface area contributed by atoms with Crippen molar-refractivity contribution in [1.82, 2.24) is 5.32 Å². The molecule has 1 unspecified atom stereocenters. The third kappa shape index (κ3) is 1.49. The van der Waals surface area contributed by atoms with E-state index in [-0.39, 0.29) is 5.79 Å². The molecule has 2 heterocycles. The second-order valence-electron chi connectivity index (χ2n) is 3.62. The van der Waals surface area contributed by atoms with Gasteiger partial charge in [0.05, 0.1) is 13.2 Å². The molecular formula is C9H17NO2. The van der Waals surface area contributed by atoms with Crippen molar-refractivity contribution in [2.75, 3.05) is 19.8 Å². The molecule has 2 aliphatic heterocycles. The maximum atomic E-state index is 5.65. The number of hydrogen-bond donors (Lipinski definition) is 1. The number of nitrogens with one attached hydrogen (secondary N) is 1. The lowest BCUT2D eigenvalue weighted by Crippen LogP contribution is -2.48. The van der Waals surface area contributed by atoms with E-state index in [1.807, 2.05) is 0 Å². The zero-order valence-electron chi connectivity index (χ0n) is 7.64. The molecule has 2 fully saturated rings. The van der Waals surface area contributed by atoms with Gasteiger partial charge >= 0.3 is 0 Å². The molecule has 2 rings (SSSR count). The van der Waals surface area contributed by atoms with E-state index in [2.05, 4.69) is 12.2 Å². The van der Waals surface area contributed by atoms with Crippen molar-refractivity contribution < 1.29 is 9.47 Å². The van der Waals surface area contributed by atoms with E-state index >= 15 is 0 Å². The molecule has 3 heteroatoms. The van der Waals surface area contributed by atoms with Crippen LogP contribution >= 0.6 is 0 Å². The van der Waals surface area contributed by atoms with Gasteiger partial charge in [0.2, 0.25) is 0 Å². The van der Waals surface area contributed by atoms with Crippen molar-refractivity contribution in [3.8, 4) is 0 Å². The summed E-state index contributed by atoms with van der Waals surface area (Å²) < 4.78 is 11.3. The first-order valence-corrected chi connectivity index (χ1v) is 4.86. The van der Waals surface area contributed by atoms with E-state index in [9.17, 15) is 0 Å². The molecule has 12 heavy (non-hydrogen) atoms. The minimum absolute atomic E-state index is 0.216. The second kappa shape index (κ2) is 3.32. The summed E-state index contributed by atoms with van der Waals surface area (Å²) in [5.74, 6) is -0.216. The summed E-state index contributed by atoms with van der Waals surface area (Å²) in [6, 6.07) is 0.580. The third-order valence-electron chi connectivity index (χ3n) is 2.80. The predicted molar refractivity (Wildman–Crippen MR) is 46.0 cm³/mol. The van der Waals surface area contributed by atoms with Crippen LogP contribution in [0.5, 0.6) is 0 Å². The number of rotatable bonds is 1. The largest absolute Gasteiger partial charge is 0.347 e. The van der Waals surface area contributed by atoms with Crippen molar-refractivity contribution in [3.63, 3.8) is 0 Å². The van der Waals surface area contributed by atoms with Crippen molar-refractivity contribution in [3.05, 3.63) is 0 Å². The Kier molecular flexibility index (Phi) is 2.35. The quantitative estimate of drug-likeness (QED) is 0.635. The van der Waals surface area contributed by atoms with Crippen LogP contribution in [0.3, 0.4) is 0 Å². The standard InChI is InChI=1S/C9H17NO2/c1-2-8-7-9(3-4-10-8)11-5-6-12-9/h8,10H,2-7H2,1H3. The lowest BCUT2D eigenvalue weighted by molar-refractivity contribution is -0.180. The molecule has 1 atom stereocenters. The zero-order valence-corrected chi connectivity index (χ0v) is 7.64. The Morgan fingerprint density at radius 1 is 1.42 bits per heavy atom. The van der Waals surface area contributed by atoms with Crippen LogP contribution in [0.4, 0.5) is 0 Å². The van der Waals surface area contributed by atoms with Gasteiger partial charge in [-0.2, -0.15) is 0 Å². The summed E-state index contributed by atoms with van der Waals surface area (Å²) in [4.78, 5) is 0. The lowest BCUT2D eigenvalue weighted by atomic mass is 9.96. The molecule has 1 N–H and O–H groups in total. The summed E-state index contributed by atoms with van der Waals surface area (Å²) >= 11 is 0. The summed E-state index contributed by atoms with van der Waals surface area (Å²) in [5, 5.41) is 3.46. The summed E-state index contributed by atoms with van der Waals surface area (Å²) in [6.45, 7) is 4.77. The van der Waals surface area contributed by atoms with Gasteiger partial charge in [0, 0.05) is 25.4 Å². The van der Waals surface area contributed by atoms with Crippen molar-refractivity contribution in [2.24, 2.45) is 0 Å². The Morgan fingerprint density at radius 2 is 2.17 bits per heavy atom. The Hall–Kier alpha value is -0.120. The Balaban J connectivity index is 1.97. The first-order valence-electron chi connectivity index (χ1n) is 4.86. The molecule has 0 amide bonds. The van der Waals surface area contributed by atoms with Crippen LogP contribution < -0.4 is 5.32 Å². The number of hydrogen-bond acceptors (Lipinski definition) is 3. The van der Waals surface area contributed by atoms with Gasteiger partial charge in [0.1, 0.15) is 0 Å². The van der Waals surface area contributed by atoms with E-state index in [1.54, 1.807) is 0 Å². The molecule has 0 aliphatic carbocycles. The van der Waals surface area contributed by atoms with E-state index < -0.39 is 0 Å². The first kappa shape index (κ1) is 8.48. The molecule has 0 aromatic rings. The van der Waals surface area contributed by atoms with E-state index in [0.29, 0.717) is 6.04 Å². The lowest BCUT2D eigenvalue weighted by Gasteiger charge is -2.36. The van der Waals surface area contributed by atoms with Crippen LogP contribution in [0, 0.1) is 0 Å². The number of ether oxygens (including phenoxy) is 2. The van der Waals surface area contributed by atoms with Crippen molar-refractivity contribution in [1.29, 1.82) is 0 Å². The van der Waals surface area contributed by atoms with Crippen molar-refractivity contribution in [2.45, 2.75) is 38.0 Å². The molecule has 1 spiro atoms. The highest BCUT2D eigenvalue weighted by Gasteiger charge is 2.40. The average Bonchev–Trinajstić information content (AvgIpc) is 2.53. The molecule has 2 saturated heterocycles. The van der Waals surface area contributed by atoms with Crippen LogP contribution in [0.15, 0.2) is 0 Å². The topological polar surface area (TPSA) is 30.5 Å².